The van der Waals surface area contributed by atoms with Gasteiger partial charge in [0.25, 0.3) is 5.56 Å². The summed E-state index contributed by atoms with van der Waals surface area (Å²) in [6.07, 6.45) is -1.29. The summed E-state index contributed by atoms with van der Waals surface area (Å²) in [5.41, 5.74) is -1.63. The summed E-state index contributed by atoms with van der Waals surface area (Å²) in [6.45, 7) is 6.23. The van der Waals surface area contributed by atoms with Gasteiger partial charge in [0.15, 0.2) is 5.78 Å². The van der Waals surface area contributed by atoms with Gasteiger partial charge in [-0.15, -0.1) is 0 Å². The van der Waals surface area contributed by atoms with Crippen LogP contribution in [0.5, 0.6) is 0 Å². The quantitative estimate of drug-likeness (QED) is 0.408. The largest absolute Gasteiger partial charge is 0.419 e. The van der Waals surface area contributed by atoms with Gasteiger partial charge in [-0.2, -0.15) is 18.3 Å². The minimum Gasteiger partial charge on any atom is -0.380 e. The third kappa shape index (κ3) is 4.22. The summed E-state index contributed by atoms with van der Waals surface area (Å²) in [6, 6.07) is 2.19. The molecule has 4 atom stereocenters. The number of alkyl halides is 3. The highest BCUT2D eigenvalue weighted by Crippen LogP contribution is 2.61. The van der Waals surface area contributed by atoms with Crippen molar-refractivity contribution in [2.75, 3.05) is 5.32 Å². The fourth-order valence-corrected chi connectivity index (χ4v) is 5.78. The predicted octanol–water partition coefficient (Wildman–Crippen LogP) is 5.53. The number of nitrogens with one attached hydrogen (secondary N) is 1. The Labute approximate surface area is 196 Å². The number of rotatable bonds is 5. The molecule has 33 heavy (non-hydrogen) atoms. The summed E-state index contributed by atoms with van der Waals surface area (Å²) in [4.78, 5) is 25.3. The van der Waals surface area contributed by atoms with Crippen molar-refractivity contribution in [3.05, 3.63) is 56.2 Å². The number of ketones is 1. The van der Waals surface area contributed by atoms with Gasteiger partial charge in [0.2, 0.25) is 0 Å². The van der Waals surface area contributed by atoms with E-state index in [0.717, 1.165) is 17.2 Å². The van der Waals surface area contributed by atoms with Crippen molar-refractivity contribution in [3.8, 4) is 0 Å². The van der Waals surface area contributed by atoms with Crippen molar-refractivity contribution in [1.29, 1.82) is 0 Å². The molecule has 3 aliphatic carbocycles. The summed E-state index contributed by atoms with van der Waals surface area (Å²) in [5, 5.41) is 7.44. The molecule has 1 heterocycles. The molecule has 2 aromatic rings. The van der Waals surface area contributed by atoms with Crippen LogP contribution in [0.4, 0.5) is 23.2 Å². The number of fused-ring (bicyclic) bond motifs is 2. The lowest BCUT2D eigenvalue weighted by Crippen LogP contribution is -2.58. The molecule has 5 rings (SSSR count). The molecule has 3 fully saturated rings. The standard InChI is InChI=1S/C23H24BrF4N3O2/c1-11-14-7-13(22(14,2)3)8-17(11)30-18-9-29-31(21(33)20(18)24)10-19(32)12-4-5-16(25)15(6-12)23(26,27)28/h4-6,9,11,13-14,17,30H,7-8,10H2,1-3H3/t11-,13-,14+,17-/m1/s1. The molecule has 0 amide bonds. The smallest absolute Gasteiger partial charge is 0.380 e. The molecule has 0 saturated heterocycles. The molecule has 5 nitrogen and oxygen atoms in total. The zero-order valence-electron chi connectivity index (χ0n) is 18.3. The summed E-state index contributed by atoms with van der Waals surface area (Å²) in [5.74, 6) is -0.604. The number of hydrogen-bond acceptors (Lipinski definition) is 4. The molecule has 3 saturated carbocycles. The van der Waals surface area contributed by atoms with Crippen LogP contribution in [-0.4, -0.2) is 21.6 Å². The minimum atomic E-state index is -4.93. The molecule has 178 valence electrons. The maximum atomic E-state index is 13.5. The average molecular weight is 530 g/mol. The lowest BCUT2D eigenvalue weighted by atomic mass is 9.45. The van der Waals surface area contributed by atoms with E-state index < -0.39 is 35.4 Å². The second-order valence-electron chi connectivity index (χ2n) is 9.66. The Bertz CT molecular complexity index is 1160. The van der Waals surface area contributed by atoms with Crippen molar-refractivity contribution >= 4 is 27.4 Å². The van der Waals surface area contributed by atoms with Crippen molar-refractivity contribution < 1.29 is 22.4 Å². The number of anilines is 1. The van der Waals surface area contributed by atoms with Gasteiger partial charge >= 0.3 is 6.18 Å². The molecule has 3 aliphatic rings. The first kappa shape index (κ1) is 23.9. The molecule has 1 aromatic heterocycles. The summed E-state index contributed by atoms with van der Waals surface area (Å²) < 4.78 is 53.4. The van der Waals surface area contributed by atoms with Crippen molar-refractivity contribution in [3.63, 3.8) is 0 Å². The number of halogens is 5. The predicted molar refractivity (Wildman–Crippen MR) is 118 cm³/mol. The van der Waals surface area contributed by atoms with Gasteiger partial charge in [-0.25, -0.2) is 9.07 Å². The second kappa shape index (κ2) is 8.21. The van der Waals surface area contributed by atoms with Gasteiger partial charge in [0.1, 0.15) is 16.8 Å². The number of hydrogen-bond donors (Lipinski definition) is 1. The van der Waals surface area contributed by atoms with E-state index in [1.165, 1.54) is 12.6 Å². The number of Topliss-reactive ketones (excluding diaryl/α,β-unsaturated/α-hetero) is 1. The van der Waals surface area contributed by atoms with E-state index >= 15 is 0 Å². The highest BCUT2D eigenvalue weighted by molar-refractivity contribution is 9.10. The average Bonchev–Trinajstić information content (AvgIpc) is 2.73. The first-order valence-corrected chi connectivity index (χ1v) is 11.5. The molecule has 0 unspecified atom stereocenters. The van der Waals surface area contributed by atoms with Crippen LogP contribution in [-0.2, 0) is 12.7 Å². The zero-order valence-corrected chi connectivity index (χ0v) is 19.9. The van der Waals surface area contributed by atoms with E-state index in [1.54, 1.807) is 0 Å². The van der Waals surface area contributed by atoms with Crippen molar-refractivity contribution in [2.45, 2.75) is 52.4 Å². The molecule has 1 aromatic carbocycles. The molecular weight excluding hydrogens is 506 g/mol. The Kier molecular flexibility index (Phi) is 5.95. The molecule has 1 N–H and O–H groups in total. The Morgan fingerprint density at radius 1 is 1.30 bits per heavy atom. The maximum absolute atomic E-state index is 13.5. The van der Waals surface area contributed by atoms with Crippen LogP contribution in [0.15, 0.2) is 33.7 Å². The summed E-state index contributed by atoms with van der Waals surface area (Å²) in [7, 11) is 0. The summed E-state index contributed by atoms with van der Waals surface area (Å²) >= 11 is 3.27. The van der Waals surface area contributed by atoms with E-state index in [2.05, 4.69) is 47.1 Å². The fourth-order valence-electron chi connectivity index (χ4n) is 5.36. The molecule has 0 aliphatic heterocycles. The highest BCUT2D eigenvalue weighted by atomic mass is 79.9. The van der Waals surface area contributed by atoms with Crippen LogP contribution in [0, 0.1) is 29.0 Å². The SMILES string of the molecule is C[C@H]1[C@H](Nc2cnn(CC(=O)c3ccc(F)c(C(F)(F)F)c3)c(=O)c2Br)C[C@H]2C[C@@H]1C2(C)C. The third-order valence-electron chi connectivity index (χ3n) is 7.57. The first-order valence-electron chi connectivity index (χ1n) is 10.7. The van der Waals surface area contributed by atoms with Gasteiger partial charge in [-0.05, 0) is 70.1 Å². The number of carbonyl (C=O) groups is 1. The van der Waals surface area contributed by atoms with E-state index in [4.69, 9.17) is 0 Å². The van der Waals surface area contributed by atoms with Gasteiger partial charge < -0.3 is 5.32 Å². The van der Waals surface area contributed by atoms with Crippen molar-refractivity contribution in [1.82, 2.24) is 9.78 Å². The number of carbonyl (C=O) groups excluding carboxylic acids is 1. The number of aromatic nitrogens is 2. The van der Waals surface area contributed by atoms with E-state index in [1.807, 2.05) is 0 Å². The van der Waals surface area contributed by atoms with Gasteiger partial charge in [0, 0.05) is 11.6 Å². The van der Waals surface area contributed by atoms with Crippen LogP contribution in [0.1, 0.15) is 49.5 Å². The molecular formula is C23H24BrF4N3O2. The Morgan fingerprint density at radius 3 is 2.61 bits per heavy atom. The Morgan fingerprint density at radius 2 is 2.00 bits per heavy atom. The number of nitrogens with zero attached hydrogens (tertiary/aromatic N) is 2. The van der Waals surface area contributed by atoms with Crippen LogP contribution < -0.4 is 10.9 Å². The minimum absolute atomic E-state index is 0.191. The second-order valence-corrected chi connectivity index (χ2v) is 10.4. The van der Waals surface area contributed by atoms with Crippen molar-refractivity contribution in [2.24, 2.45) is 23.2 Å². The number of benzene rings is 1. The highest BCUT2D eigenvalue weighted by Gasteiger charge is 2.56. The van der Waals surface area contributed by atoms with E-state index in [9.17, 15) is 27.2 Å². The lowest BCUT2D eigenvalue weighted by molar-refractivity contribution is -0.140. The zero-order chi connectivity index (χ0) is 24.3. The van der Waals surface area contributed by atoms with Gasteiger partial charge in [-0.1, -0.05) is 20.8 Å². The molecule has 2 bridgehead atoms. The van der Waals surface area contributed by atoms with E-state index in [0.29, 0.717) is 41.0 Å². The Hall–Kier alpha value is -2.23. The third-order valence-corrected chi connectivity index (χ3v) is 8.33. The van der Waals surface area contributed by atoms with Crippen LogP contribution in [0.2, 0.25) is 0 Å². The normalized spacial score (nSPS) is 25.9. The topological polar surface area (TPSA) is 64.0 Å². The van der Waals surface area contributed by atoms with Crippen LogP contribution in [0.3, 0.4) is 0 Å². The van der Waals surface area contributed by atoms with Crippen LogP contribution >= 0.6 is 15.9 Å². The van der Waals surface area contributed by atoms with Crippen LogP contribution in [0.25, 0.3) is 0 Å². The maximum Gasteiger partial charge on any atom is 0.419 e. The monoisotopic (exact) mass is 529 g/mol. The van der Waals surface area contributed by atoms with Gasteiger partial charge in [0.05, 0.1) is 17.4 Å². The van der Waals surface area contributed by atoms with E-state index in [-0.39, 0.29) is 16.1 Å². The molecule has 0 radical (unpaired) electrons. The Balaban J connectivity index is 1.51. The molecule has 10 heteroatoms. The molecule has 0 spiro atoms. The first-order chi connectivity index (χ1) is 15.3. The fraction of sp³-hybridized carbons (Fsp3) is 0.522. The lowest BCUT2D eigenvalue weighted by Gasteiger charge is -2.62. The van der Waals surface area contributed by atoms with Gasteiger partial charge in [-0.3, -0.25) is 9.59 Å².